The van der Waals surface area contributed by atoms with Gasteiger partial charge in [-0.2, -0.15) is 0 Å². The molecule has 1 aliphatic heterocycles. The van der Waals surface area contributed by atoms with Gasteiger partial charge in [0.25, 0.3) is 0 Å². The molecule has 30 heavy (non-hydrogen) atoms. The number of anilines is 1. The average Bonchev–Trinajstić information content (AvgIpc) is 3.33. The van der Waals surface area contributed by atoms with Gasteiger partial charge in [0.15, 0.2) is 5.13 Å². The number of benzene rings is 2. The van der Waals surface area contributed by atoms with Crippen LogP contribution in [0.2, 0.25) is 10.0 Å². The quantitative estimate of drug-likeness (QED) is 0.520. The fourth-order valence-electron chi connectivity index (χ4n) is 3.08. The molecule has 4 rings (SSSR count). The Morgan fingerprint density at radius 1 is 1.10 bits per heavy atom. The van der Waals surface area contributed by atoms with Crippen LogP contribution < -0.4 is 5.32 Å². The van der Waals surface area contributed by atoms with Gasteiger partial charge in [-0.1, -0.05) is 70.9 Å². The van der Waals surface area contributed by atoms with Gasteiger partial charge in [0.2, 0.25) is 5.91 Å². The second-order valence-electron chi connectivity index (χ2n) is 6.56. The third kappa shape index (κ3) is 4.43. The molecule has 0 spiro atoms. The summed E-state index contributed by atoms with van der Waals surface area (Å²) < 4.78 is 4.88. The van der Waals surface area contributed by atoms with Crippen LogP contribution in [0.25, 0.3) is 21.7 Å². The maximum atomic E-state index is 12.4. The Labute approximate surface area is 187 Å². The van der Waals surface area contributed by atoms with Crippen molar-refractivity contribution in [3.63, 3.8) is 0 Å². The van der Waals surface area contributed by atoms with E-state index in [1.165, 1.54) is 16.2 Å². The molecule has 154 valence electrons. The van der Waals surface area contributed by atoms with Gasteiger partial charge in [0.1, 0.15) is 6.61 Å². The summed E-state index contributed by atoms with van der Waals surface area (Å²) in [6.45, 7) is 1.15. The van der Waals surface area contributed by atoms with E-state index in [4.69, 9.17) is 27.9 Å². The molecule has 2 aromatic carbocycles. The van der Waals surface area contributed by atoms with Crippen molar-refractivity contribution in [2.24, 2.45) is 0 Å². The van der Waals surface area contributed by atoms with Gasteiger partial charge < -0.3 is 15.0 Å². The van der Waals surface area contributed by atoms with Crippen molar-refractivity contribution in [2.75, 3.05) is 25.0 Å². The maximum Gasteiger partial charge on any atom is 0.409 e. The number of hydrogen-bond donors (Lipinski definition) is 1. The number of cyclic esters (lactones) is 1. The highest BCUT2D eigenvalue weighted by Crippen LogP contribution is 2.43. The molecule has 0 saturated carbocycles. The maximum absolute atomic E-state index is 12.4. The number of thiazole rings is 1. The first-order valence-electron chi connectivity index (χ1n) is 9.25. The Morgan fingerprint density at radius 3 is 2.40 bits per heavy atom. The molecule has 0 bridgehead atoms. The van der Waals surface area contributed by atoms with Crippen molar-refractivity contribution < 1.29 is 14.3 Å². The zero-order chi connectivity index (χ0) is 21.1. The number of nitrogens with zero attached hydrogens (tertiary/aromatic N) is 2. The van der Waals surface area contributed by atoms with Crippen LogP contribution in [0, 0.1) is 0 Å². The van der Waals surface area contributed by atoms with Crippen LogP contribution in [0.4, 0.5) is 9.93 Å². The van der Waals surface area contributed by atoms with E-state index in [0.717, 1.165) is 16.0 Å². The molecule has 0 aliphatic carbocycles. The Balaban J connectivity index is 1.61. The topological polar surface area (TPSA) is 71.5 Å². The SMILES string of the molecule is O=C(CCN1CCOC1=O)Nc1nc(-c2ccccc2Cl)c(-c2ccccc2Cl)s1. The Kier molecular flexibility index (Phi) is 6.22. The lowest BCUT2D eigenvalue weighted by Gasteiger charge is -2.11. The molecule has 2 heterocycles. The third-order valence-corrected chi connectivity index (χ3v) is 6.24. The van der Waals surface area contributed by atoms with Crippen LogP contribution in [-0.4, -0.2) is 41.6 Å². The van der Waals surface area contributed by atoms with Crippen LogP contribution in [0.1, 0.15) is 6.42 Å². The summed E-state index contributed by atoms with van der Waals surface area (Å²) >= 11 is 14.1. The van der Waals surface area contributed by atoms with Gasteiger partial charge >= 0.3 is 6.09 Å². The number of ether oxygens (including phenoxy) is 1. The summed E-state index contributed by atoms with van der Waals surface area (Å²) in [4.78, 5) is 30.9. The van der Waals surface area contributed by atoms with Gasteiger partial charge in [-0.3, -0.25) is 4.79 Å². The van der Waals surface area contributed by atoms with Crippen LogP contribution in [0.3, 0.4) is 0 Å². The van der Waals surface area contributed by atoms with Crippen molar-refractivity contribution in [3.05, 3.63) is 58.6 Å². The fraction of sp³-hybridized carbons (Fsp3) is 0.190. The molecule has 1 fully saturated rings. The second-order valence-corrected chi connectivity index (χ2v) is 8.37. The Bertz CT molecular complexity index is 1040. The summed E-state index contributed by atoms with van der Waals surface area (Å²) in [6.07, 6.45) is -0.239. The molecule has 0 atom stereocenters. The summed E-state index contributed by atoms with van der Waals surface area (Å²) in [6, 6.07) is 14.9. The minimum atomic E-state index is -0.390. The lowest BCUT2D eigenvalue weighted by molar-refractivity contribution is -0.116. The van der Waals surface area contributed by atoms with Crippen molar-refractivity contribution >= 4 is 51.7 Å². The first-order valence-corrected chi connectivity index (χ1v) is 10.8. The Hall–Kier alpha value is -2.61. The molecular weight excluding hydrogens is 445 g/mol. The highest BCUT2D eigenvalue weighted by Gasteiger charge is 2.23. The number of carbonyl (C=O) groups excluding carboxylic acids is 2. The van der Waals surface area contributed by atoms with Gasteiger partial charge in [0.05, 0.1) is 22.1 Å². The van der Waals surface area contributed by atoms with Crippen LogP contribution in [0.5, 0.6) is 0 Å². The number of nitrogens with one attached hydrogen (secondary N) is 1. The highest BCUT2D eigenvalue weighted by atomic mass is 35.5. The number of halogens is 2. The van der Waals surface area contributed by atoms with Crippen LogP contribution in [-0.2, 0) is 9.53 Å². The first kappa shape index (κ1) is 20.7. The summed E-state index contributed by atoms with van der Waals surface area (Å²) in [5.41, 5.74) is 2.22. The van der Waals surface area contributed by atoms with E-state index in [1.807, 2.05) is 36.4 Å². The standard InChI is InChI=1S/C21H17Cl2N3O3S/c22-15-7-3-1-5-13(15)18-19(14-6-2-4-8-16(14)23)30-20(25-18)24-17(27)9-10-26-11-12-29-21(26)28/h1-8H,9-12H2,(H,24,25,27). The monoisotopic (exact) mass is 461 g/mol. The molecule has 1 saturated heterocycles. The number of rotatable bonds is 6. The van der Waals surface area contributed by atoms with Gasteiger partial charge in [0, 0.05) is 29.1 Å². The zero-order valence-electron chi connectivity index (χ0n) is 15.7. The highest BCUT2D eigenvalue weighted by molar-refractivity contribution is 7.19. The molecule has 1 aliphatic rings. The minimum absolute atomic E-state index is 0.150. The smallest absolute Gasteiger partial charge is 0.409 e. The molecular formula is C21H17Cl2N3O3S. The lowest BCUT2D eigenvalue weighted by Crippen LogP contribution is -2.28. The van der Waals surface area contributed by atoms with Gasteiger partial charge in [-0.25, -0.2) is 9.78 Å². The molecule has 9 heteroatoms. The minimum Gasteiger partial charge on any atom is -0.448 e. The predicted octanol–water partition coefficient (Wildman–Crippen LogP) is 5.56. The first-order chi connectivity index (χ1) is 14.5. The largest absolute Gasteiger partial charge is 0.448 e. The Morgan fingerprint density at radius 2 is 1.77 bits per heavy atom. The number of carbonyl (C=O) groups is 2. The predicted molar refractivity (Wildman–Crippen MR) is 119 cm³/mol. The molecule has 0 radical (unpaired) electrons. The number of amides is 2. The molecule has 2 amide bonds. The van der Waals surface area contributed by atoms with Crippen molar-refractivity contribution in [1.29, 1.82) is 0 Å². The third-order valence-electron chi connectivity index (χ3n) is 4.57. The van der Waals surface area contributed by atoms with Crippen molar-refractivity contribution in [1.82, 2.24) is 9.88 Å². The van der Waals surface area contributed by atoms with E-state index in [9.17, 15) is 9.59 Å². The van der Waals surface area contributed by atoms with Crippen LogP contribution >= 0.6 is 34.5 Å². The van der Waals surface area contributed by atoms with Crippen molar-refractivity contribution in [2.45, 2.75) is 6.42 Å². The van der Waals surface area contributed by atoms with E-state index in [1.54, 1.807) is 12.1 Å². The fourth-order valence-corrected chi connectivity index (χ4v) is 4.63. The van der Waals surface area contributed by atoms with Crippen LogP contribution in [0.15, 0.2) is 48.5 Å². The van der Waals surface area contributed by atoms with E-state index >= 15 is 0 Å². The van der Waals surface area contributed by atoms with Gasteiger partial charge in [-0.15, -0.1) is 0 Å². The molecule has 3 aromatic rings. The second kappa shape index (κ2) is 9.04. The van der Waals surface area contributed by atoms with Gasteiger partial charge in [-0.05, 0) is 12.1 Å². The van der Waals surface area contributed by atoms with E-state index in [-0.39, 0.29) is 18.4 Å². The normalized spacial score (nSPS) is 13.4. The van der Waals surface area contributed by atoms with E-state index < -0.39 is 0 Å². The molecule has 1 aromatic heterocycles. The zero-order valence-corrected chi connectivity index (χ0v) is 18.1. The number of hydrogen-bond acceptors (Lipinski definition) is 5. The summed E-state index contributed by atoms with van der Waals surface area (Å²) in [5, 5.41) is 4.40. The molecule has 1 N–H and O–H groups in total. The average molecular weight is 462 g/mol. The number of aromatic nitrogens is 1. The summed E-state index contributed by atoms with van der Waals surface area (Å²) in [7, 11) is 0. The molecule has 0 unspecified atom stereocenters. The lowest BCUT2D eigenvalue weighted by atomic mass is 10.1. The molecule has 6 nitrogen and oxygen atoms in total. The van der Waals surface area contributed by atoms with E-state index in [2.05, 4.69) is 10.3 Å². The van der Waals surface area contributed by atoms with Crippen molar-refractivity contribution in [3.8, 4) is 21.7 Å². The van der Waals surface area contributed by atoms with E-state index in [0.29, 0.717) is 40.6 Å². The summed E-state index contributed by atoms with van der Waals surface area (Å²) in [5.74, 6) is -0.236.